The number of rotatable bonds is 5. The average molecular weight is 347 g/mol. The summed E-state index contributed by atoms with van der Waals surface area (Å²) in [4.78, 5) is 16.2. The van der Waals surface area contributed by atoms with E-state index < -0.39 is 9.84 Å². The molecule has 1 aliphatic heterocycles. The van der Waals surface area contributed by atoms with Crippen LogP contribution in [0.2, 0.25) is 0 Å². The largest absolute Gasteiger partial charge is 0.350 e. The summed E-state index contributed by atoms with van der Waals surface area (Å²) in [6.45, 7) is 1.93. The van der Waals surface area contributed by atoms with Crippen LogP contribution in [0, 0.1) is 5.92 Å². The van der Waals surface area contributed by atoms with Crippen LogP contribution in [-0.2, 0) is 14.6 Å². The molecule has 2 atom stereocenters. The van der Waals surface area contributed by atoms with Crippen molar-refractivity contribution in [2.24, 2.45) is 5.92 Å². The van der Waals surface area contributed by atoms with Gasteiger partial charge in [0.15, 0.2) is 9.84 Å². The average Bonchev–Trinajstić information content (AvgIpc) is 3.17. The van der Waals surface area contributed by atoms with E-state index in [-0.39, 0.29) is 35.8 Å². The van der Waals surface area contributed by atoms with Crippen LogP contribution in [0.5, 0.6) is 0 Å². The molecule has 0 radical (unpaired) electrons. The van der Waals surface area contributed by atoms with Crippen molar-refractivity contribution in [1.82, 2.24) is 14.9 Å². The molecule has 1 N–H and O–H groups in total. The molecule has 2 aromatic rings. The van der Waals surface area contributed by atoms with Crippen molar-refractivity contribution in [1.29, 1.82) is 0 Å². The number of benzene rings is 1. The fourth-order valence-corrected chi connectivity index (χ4v) is 4.91. The first-order chi connectivity index (χ1) is 11.4. The Labute approximate surface area is 141 Å². The summed E-state index contributed by atoms with van der Waals surface area (Å²) < 4.78 is 24.9. The first-order valence-electron chi connectivity index (χ1n) is 8.01. The van der Waals surface area contributed by atoms with Gasteiger partial charge in [-0.3, -0.25) is 4.79 Å². The van der Waals surface area contributed by atoms with Gasteiger partial charge in [0.05, 0.1) is 23.9 Å². The lowest BCUT2D eigenvalue weighted by Crippen LogP contribution is -2.28. The Bertz CT molecular complexity index is 815. The molecule has 6 nitrogen and oxygen atoms in total. The lowest BCUT2D eigenvalue weighted by atomic mass is 10.0. The molecule has 1 aromatic carbocycles. The van der Waals surface area contributed by atoms with Gasteiger partial charge in [-0.05, 0) is 37.0 Å². The van der Waals surface area contributed by atoms with Crippen molar-refractivity contribution >= 4 is 15.7 Å². The summed E-state index contributed by atoms with van der Waals surface area (Å²) in [6.07, 6.45) is 6.16. The Morgan fingerprint density at radius 3 is 2.96 bits per heavy atom. The van der Waals surface area contributed by atoms with Crippen molar-refractivity contribution in [3.63, 3.8) is 0 Å². The third-order valence-electron chi connectivity index (χ3n) is 4.35. The van der Waals surface area contributed by atoms with E-state index >= 15 is 0 Å². The van der Waals surface area contributed by atoms with Gasteiger partial charge in [-0.1, -0.05) is 12.1 Å². The Morgan fingerprint density at radius 1 is 1.46 bits per heavy atom. The summed E-state index contributed by atoms with van der Waals surface area (Å²) in [7, 11) is -2.94. The van der Waals surface area contributed by atoms with Crippen LogP contribution in [-0.4, -0.2) is 35.4 Å². The van der Waals surface area contributed by atoms with Gasteiger partial charge < -0.3 is 9.88 Å². The van der Waals surface area contributed by atoms with E-state index in [1.807, 2.05) is 42.0 Å². The quantitative estimate of drug-likeness (QED) is 0.895. The predicted octanol–water partition coefficient (Wildman–Crippen LogP) is 1.87. The van der Waals surface area contributed by atoms with E-state index in [0.717, 1.165) is 11.3 Å². The van der Waals surface area contributed by atoms with E-state index in [2.05, 4.69) is 10.3 Å². The van der Waals surface area contributed by atoms with Crippen LogP contribution in [0.3, 0.4) is 0 Å². The van der Waals surface area contributed by atoms with Crippen molar-refractivity contribution in [3.8, 4) is 5.69 Å². The number of imidazole rings is 1. The maximum Gasteiger partial charge on any atom is 0.220 e. The fraction of sp³-hybridized carbons (Fsp3) is 0.412. The SMILES string of the molecule is C[C@H](NC(=O)C[C@@H]1CCS(=O)(=O)C1)c1cccc(-n2ccnc2)c1. The van der Waals surface area contributed by atoms with Gasteiger partial charge in [0, 0.05) is 24.5 Å². The second-order valence-corrected chi connectivity index (χ2v) is 8.56. The number of aromatic nitrogens is 2. The first-order valence-corrected chi connectivity index (χ1v) is 9.83. The van der Waals surface area contributed by atoms with Crippen molar-refractivity contribution < 1.29 is 13.2 Å². The Balaban J connectivity index is 1.61. The molecular formula is C17H21N3O3S. The zero-order valence-corrected chi connectivity index (χ0v) is 14.4. The van der Waals surface area contributed by atoms with Crippen molar-refractivity contribution in [2.75, 3.05) is 11.5 Å². The van der Waals surface area contributed by atoms with E-state index in [1.54, 1.807) is 12.5 Å². The number of hydrogen-bond acceptors (Lipinski definition) is 4. The molecule has 0 spiro atoms. The van der Waals surface area contributed by atoms with Crippen molar-refractivity contribution in [2.45, 2.75) is 25.8 Å². The summed E-state index contributed by atoms with van der Waals surface area (Å²) in [6, 6.07) is 7.75. The minimum atomic E-state index is -2.94. The van der Waals surface area contributed by atoms with Crippen LogP contribution < -0.4 is 5.32 Å². The predicted molar refractivity (Wildman–Crippen MR) is 91.5 cm³/mol. The van der Waals surface area contributed by atoms with Gasteiger partial charge in [-0.2, -0.15) is 0 Å². The highest BCUT2D eigenvalue weighted by atomic mass is 32.2. The van der Waals surface area contributed by atoms with Crippen LogP contribution in [0.15, 0.2) is 43.0 Å². The fourth-order valence-electron chi connectivity index (χ4n) is 3.05. The summed E-state index contributed by atoms with van der Waals surface area (Å²) in [5.41, 5.74) is 1.97. The first kappa shape index (κ1) is 16.7. The number of amides is 1. The van der Waals surface area contributed by atoms with E-state index in [9.17, 15) is 13.2 Å². The lowest BCUT2D eigenvalue weighted by Gasteiger charge is -2.17. The van der Waals surface area contributed by atoms with Gasteiger partial charge in [0.2, 0.25) is 5.91 Å². The molecule has 0 aliphatic carbocycles. The molecule has 24 heavy (non-hydrogen) atoms. The Hall–Kier alpha value is -2.15. The minimum absolute atomic E-state index is 0.0560. The maximum absolute atomic E-state index is 12.2. The molecule has 1 aliphatic rings. The topological polar surface area (TPSA) is 81.1 Å². The number of carbonyl (C=O) groups excluding carboxylic acids is 1. The third kappa shape index (κ3) is 4.03. The van der Waals surface area contributed by atoms with Gasteiger partial charge in [0.1, 0.15) is 0 Å². The molecule has 128 valence electrons. The molecule has 3 rings (SSSR count). The lowest BCUT2D eigenvalue weighted by molar-refractivity contribution is -0.122. The maximum atomic E-state index is 12.2. The van der Waals surface area contributed by atoms with Crippen LogP contribution in [0.25, 0.3) is 5.69 Å². The summed E-state index contributed by atoms with van der Waals surface area (Å²) >= 11 is 0. The molecule has 0 unspecified atom stereocenters. The van der Waals surface area contributed by atoms with Crippen LogP contribution >= 0.6 is 0 Å². The second-order valence-electron chi connectivity index (χ2n) is 6.33. The molecule has 0 saturated carbocycles. The Kier molecular flexibility index (Phi) is 4.71. The summed E-state index contributed by atoms with van der Waals surface area (Å²) in [5.74, 6) is 0.176. The van der Waals surface area contributed by atoms with Crippen molar-refractivity contribution in [3.05, 3.63) is 48.5 Å². The van der Waals surface area contributed by atoms with Gasteiger partial charge in [0.25, 0.3) is 0 Å². The van der Waals surface area contributed by atoms with Gasteiger partial charge in [-0.15, -0.1) is 0 Å². The second kappa shape index (κ2) is 6.76. The summed E-state index contributed by atoms with van der Waals surface area (Å²) in [5, 5.41) is 2.96. The molecule has 7 heteroatoms. The molecule has 1 amide bonds. The highest BCUT2D eigenvalue weighted by Crippen LogP contribution is 2.22. The smallest absolute Gasteiger partial charge is 0.220 e. The van der Waals surface area contributed by atoms with Gasteiger partial charge in [-0.25, -0.2) is 13.4 Å². The normalized spacial score (nSPS) is 20.6. The van der Waals surface area contributed by atoms with E-state index in [1.165, 1.54) is 0 Å². The molecule has 0 bridgehead atoms. The highest BCUT2D eigenvalue weighted by Gasteiger charge is 2.29. The number of hydrogen-bond donors (Lipinski definition) is 1. The molecule has 1 fully saturated rings. The van der Waals surface area contributed by atoms with E-state index in [4.69, 9.17) is 0 Å². The molecule has 1 aromatic heterocycles. The van der Waals surface area contributed by atoms with Gasteiger partial charge >= 0.3 is 0 Å². The number of nitrogens with zero attached hydrogens (tertiary/aromatic N) is 2. The highest BCUT2D eigenvalue weighted by molar-refractivity contribution is 7.91. The standard InChI is InChI=1S/C17H21N3O3S/c1-13(19-17(21)9-14-5-8-24(22,23)11-14)15-3-2-4-16(10-15)20-7-6-18-12-20/h2-4,6-7,10,12-14H,5,8-9,11H2,1H3,(H,19,21)/t13-,14-/m0/s1. The number of nitrogens with one attached hydrogen (secondary N) is 1. The zero-order chi connectivity index (χ0) is 17.2. The van der Waals surface area contributed by atoms with Crippen LogP contribution in [0.4, 0.5) is 0 Å². The zero-order valence-electron chi connectivity index (χ0n) is 13.6. The van der Waals surface area contributed by atoms with Crippen LogP contribution in [0.1, 0.15) is 31.4 Å². The minimum Gasteiger partial charge on any atom is -0.350 e. The number of carbonyl (C=O) groups is 1. The number of sulfone groups is 1. The molecule has 2 heterocycles. The third-order valence-corrected chi connectivity index (χ3v) is 6.19. The molecular weight excluding hydrogens is 326 g/mol. The molecule has 1 saturated heterocycles. The Morgan fingerprint density at radius 2 is 2.29 bits per heavy atom. The van der Waals surface area contributed by atoms with E-state index in [0.29, 0.717) is 6.42 Å². The monoisotopic (exact) mass is 347 g/mol.